The molecule has 196 valence electrons. The first-order chi connectivity index (χ1) is 16.3. The van der Waals surface area contributed by atoms with Gasteiger partial charge < -0.3 is 25.0 Å². The fourth-order valence-electron chi connectivity index (χ4n) is 3.50. The van der Waals surface area contributed by atoms with Crippen LogP contribution in [-0.4, -0.2) is 60.6 Å². The van der Waals surface area contributed by atoms with Crippen LogP contribution < -0.4 is 10.6 Å². The predicted octanol–water partition coefficient (Wildman–Crippen LogP) is 3.50. The first-order valence-corrected chi connectivity index (χ1v) is 12.0. The highest BCUT2D eigenvalue weighted by Crippen LogP contribution is 2.24. The second-order valence-corrected chi connectivity index (χ2v) is 9.97. The van der Waals surface area contributed by atoms with E-state index in [1.165, 1.54) is 12.0 Å². The van der Waals surface area contributed by atoms with Gasteiger partial charge in [-0.15, -0.1) is 0 Å². The number of carbonyl (C=O) groups excluding carboxylic acids is 4. The summed E-state index contributed by atoms with van der Waals surface area (Å²) in [6, 6.07) is 5.39. The maximum absolute atomic E-state index is 13.8. The lowest BCUT2D eigenvalue weighted by Crippen LogP contribution is -2.53. The number of alkyl carbamates (subject to hydrolysis) is 1. The van der Waals surface area contributed by atoms with Crippen LogP contribution in [0.15, 0.2) is 24.3 Å². The number of amides is 3. The molecule has 0 aliphatic rings. The van der Waals surface area contributed by atoms with Gasteiger partial charge >= 0.3 is 12.1 Å². The highest BCUT2D eigenvalue weighted by atomic mass is 16.6. The molecule has 0 spiro atoms. The number of hydrogen-bond donors (Lipinski definition) is 2. The number of benzene rings is 1. The number of hydrogen-bond acceptors (Lipinski definition) is 6. The normalized spacial score (nSPS) is 12.9. The fourth-order valence-corrected chi connectivity index (χ4v) is 3.50. The summed E-state index contributed by atoms with van der Waals surface area (Å²) in [5.74, 6) is -1.42. The van der Waals surface area contributed by atoms with Crippen molar-refractivity contribution in [2.24, 2.45) is 5.92 Å². The van der Waals surface area contributed by atoms with E-state index < -0.39 is 41.6 Å². The van der Waals surface area contributed by atoms with Gasteiger partial charge in [0.15, 0.2) is 0 Å². The van der Waals surface area contributed by atoms with Gasteiger partial charge in [-0.1, -0.05) is 50.6 Å². The van der Waals surface area contributed by atoms with E-state index in [1.807, 2.05) is 39.8 Å². The minimum Gasteiger partial charge on any atom is -0.468 e. The van der Waals surface area contributed by atoms with Crippen molar-refractivity contribution in [3.63, 3.8) is 0 Å². The Morgan fingerprint density at radius 2 is 1.66 bits per heavy atom. The Balaban J connectivity index is 3.38. The third kappa shape index (κ3) is 10.4. The van der Waals surface area contributed by atoms with Crippen molar-refractivity contribution < 1.29 is 28.7 Å². The first kappa shape index (κ1) is 29.9. The van der Waals surface area contributed by atoms with Crippen molar-refractivity contribution >= 4 is 23.9 Å². The average molecular weight is 492 g/mol. The molecule has 9 heteroatoms. The molecule has 0 fully saturated rings. The van der Waals surface area contributed by atoms with Crippen LogP contribution in [0.4, 0.5) is 4.79 Å². The number of methoxy groups -OCH3 is 1. The molecule has 0 aromatic heterocycles. The van der Waals surface area contributed by atoms with E-state index in [1.54, 1.807) is 32.9 Å². The molecule has 0 aliphatic heterocycles. The first-order valence-electron chi connectivity index (χ1n) is 12.0. The summed E-state index contributed by atoms with van der Waals surface area (Å²) < 4.78 is 10.00. The van der Waals surface area contributed by atoms with E-state index in [9.17, 15) is 19.2 Å². The van der Waals surface area contributed by atoms with Crippen molar-refractivity contribution in [3.8, 4) is 0 Å². The smallest absolute Gasteiger partial charge is 0.408 e. The topological polar surface area (TPSA) is 114 Å². The number of nitrogens with zero attached hydrogens (tertiary/aromatic N) is 1. The lowest BCUT2D eigenvalue weighted by Gasteiger charge is -2.34. The number of nitrogens with one attached hydrogen (secondary N) is 2. The zero-order valence-corrected chi connectivity index (χ0v) is 22.3. The number of esters is 1. The molecule has 0 heterocycles. The molecule has 2 atom stereocenters. The Hall–Kier alpha value is -3.10. The van der Waals surface area contributed by atoms with Crippen LogP contribution in [0.1, 0.15) is 71.6 Å². The molecule has 35 heavy (non-hydrogen) atoms. The molecule has 1 aromatic carbocycles. The molecule has 0 saturated heterocycles. The lowest BCUT2D eigenvalue weighted by atomic mass is 9.98. The predicted molar refractivity (Wildman–Crippen MR) is 134 cm³/mol. The number of carbonyl (C=O) groups is 4. The quantitative estimate of drug-likeness (QED) is 0.458. The van der Waals surface area contributed by atoms with Crippen molar-refractivity contribution in [2.45, 2.75) is 79.0 Å². The van der Waals surface area contributed by atoms with Crippen LogP contribution in [0.3, 0.4) is 0 Å². The van der Waals surface area contributed by atoms with Crippen molar-refractivity contribution in [2.75, 3.05) is 20.2 Å². The van der Waals surface area contributed by atoms with E-state index in [2.05, 4.69) is 15.4 Å². The Morgan fingerprint density at radius 3 is 2.14 bits per heavy atom. The minimum atomic E-state index is -0.997. The van der Waals surface area contributed by atoms with Crippen molar-refractivity contribution in [1.82, 2.24) is 15.5 Å². The maximum Gasteiger partial charge on any atom is 0.408 e. The van der Waals surface area contributed by atoms with E-state index in [-0.39, 0.29) is 19.0 Å². The van der Waals surface area contributed by atoms with Gasteiger partial charge in [0.25, 0.3) is 0 Å². The molecular formula is C26H41N3O6. The monoisotopic (exact) mass is 491 g/mol. The average Bonchev–Trinajstić information content (AvgIpc) is 2.75. The van der Waals surface area contributed by atoms with Crippen LogP contribution in [0.5, 0.6) is 0 Å². The fraction of sp³-hybridized carbons (Fsp3) is 0.615. The molecule has 0 aliphatic carbocycles. The van der Waals surface area contributed by atoms with Gasteiger partial charge in [-0.25, -0.2) is 4.79 Å². The highest BCUT2D eigenvalue weighted by Gasteiger charge is 2.36. The summed E-state index contributed by atoms with van der Waals surface area (Å²) in [7, 11) is 1.23. The highest BCUT2D eigenvalue weighted by molar-refractivity contribution is 5.93. The molecule has 2 unspecified atom stereocenters. The Bertz CT molecular complexity index is 861. The SMILES string of the molecule is CCCN(C(=O)C(CC(C)C)NC(=O)OC(C)(C)C)C(C(=O)NCC(=O)OC)c1ccc(C)cc1. The minimum absolute atomic E-state index is 0.0911. The molecule has 3 amide bonds. The molecule has 0 radical (unpaired) electrons. The summed E-state index contributed by atoms with van der Waals surface area (Å²) in [5.41, 5.74) is 0.872. The summed E-state index contributed by atoms with van der Waals surface area (Å²) in [6.45, 7) is 12.9. The van der Waals surface area contributed by atoms with E-state index in [0.29, 0.717) is 18.4 Å². The molecular weight excluding hydrogens is 450 g/mol. The van der Waals surface area contributed by atoms with Crippen LogP contribution in [0.2, 0.25) is 0 Å². The molecule has 0 saturated carbocycles. The standard InChI is InChI=1S/C26H41N3O6/c1-9-14-29(24(32)20(15-17(2)3)28-25(33)35-26(5,6)7)22(19-12-10-18(4)11-13-19)23(31)27-16-21(30)34-8/h10-13,17,20,22H,9,14-16H2,1-8H3,(H,27,31)(H,28,33). The van der Waals surface area contributed by atoms with Gasteiger partial charge in [0.05, 0.1) is 7.11 Å². The number of ether oxygens (including phenoxy) is 2. The summed E-state index contributed by atoms with van der Waals surface area (Å²) >= 11 is 0. The zero-order valence-electron chi connectivity index (χ0n) is 22.3. The maximum atomic E-state index is 13.8. The van der Waals surface area contributed by atoms with Gasteiger partial charge in [0.2, 0.25) is 11.8 Å². The van der Waals surface area contributed by atoms with Crippen LogP contribution >= 0.6 is 0 Å². The van der Waals surface area contributed by atoms with E-state index in [0.717, 1.165) is 5.56 Å². The van der Waals surface area contributed by atoms with E-state index in [4.69, 9.17) is 4.74 Å². The Morgan fingerprint density at radius 1 is 1.06 bits per heavy atom. The third-order valence-corrected chi connectivity index (χ3v) is 5.03. The second kappa shape index (κ2) is 13.7. The molecule has 2 N–H and O–H groups in total. The molecule has 9 nitrogen and oxygen atoms in total. The largest absolute Gasteiger partial charge is 0.468 e. The van der Waals surface area contributed by atoms with Crippen molar-refractivity contribution in [1.29, 1.82) is 0 Å². The summed E-state index contributed by atoms with van der Waals surface area (Å²) in [5, 5.41) is 5.27. The van der Waals surface area contributed by atoms with Gasteiger partial charge in [-0.05, 0) is 52.0 Å². The van der Waals surface area contributed by atoms with Crippen LogP contribution in [-0.2, 0) is 23.9 Å². The van der Waals surface area contributed by atoms with Crippen LogP contribution in [0.25, 0.3) is 0 Å². The number of aryl methyl sites for hydroxylation is 1. The summed E-state index contributed by atoms with van der Waals surface area (Å²) in [4.78, 5) is 52.8. The molecule has 1 aromatic rings. The van der Waals surface area contributed by atoms with Gasteiger partial charge in [-0.2, -0.15) is 0 Å². The van der Waals surface area contributed by atoms with E-state index >= 15 is 0 Å². The Labute approximate surface area is 208 Å². The number of rotatable bonds is 11. The third-order valence-electron chi connectivity index (χ3n) is 5.03. The second-order valence-electron chi connectivity index (χ2n) is 9.97. The van der Waals surface area contributed by atoms with Gasteiger partial charge in [-0.3, -0.25) is 14.4 Å². The summed E-state index contributed by atoms with van der Waals surface area (Å²) in [6.07, 6.45) is 0.247. The van der Waals surface area contributed by atoms with Crippen LogP contribution in [0, 0.1) is 12.8 Å². The molecule has 1 rings (SSSR count). The van der Waals surface area contributed by atoms with Crippen molar-refractivity contribution in [3.05, 3.63) is 35.4 Å². The van der Waals surface area contributed by atoms with Gasteiger partial charge in [0.1, 0.15) is 24.2 Å². The Kier molecular flexibility index (Phi) is 11.7. The van der Waals surface area contributed by atoms with Gasteiger partial charge in [0, 0.05) is 6.54 Å². The zero-order chi connectivity index (χ0) is 26.8. The molecule has 0 bridgehead atoms. The lowest BCUT2D eigenvalue weighted by molar-refractivity contribution is -0.145.